The number of carbonyl (C=O) groups is 1. The molecule has 1 aliphatic heterocycles. The van der Waals surface area contributed by atoms with Crippen LogP contribution in [-0.4, -0.2) is 31.0 Å². The summed E-state index contributed by atoms with van der Waals surface area (Å²) in [5.74, 6) is 0.686. The number of thiophene rings is 1. The fourth-order valence-electron chi connectivity index (χ4n) is 3.05. The van der Waals surface area contributed by atoms with Gasteiger partial charge >= 0.3 is 0 Å². The first-order chi connectivity index (χ1) is 11.6. The molecular formula is C19H24N2O2S. The zero-order valence-corrected chi connectivity index (χ0v) is 15.3. The number of methoxy groups -OCH3 is 1. The minimum Gasteiger partial charge on any atom is -0.497 e. The molecule has 3 rings (SSSR count). The van der Waals surface area contributed by atoms with E-state index in [1.54, 1.807) is 30.6 Å². The molecule has 128 valence electrons. The lowest BCUT2D eigenvalue weighted by atomic mass is 10.1. The van der Waals surface area contributed by atoms with E-state index in [9.17, 15) is 4.79 Å². The van der Waals surface area contributed by atoms with Crippen molar-refractivity contribution in [3.8, 4) is 5.75 Å². The van der Waals surface area contributed by atoms with Crippen LogP contribution in [0.5, 0.6) is 5.75 Å². The Morgan fingerprint density at radius 1 is 1.21 bits per heavy atom. The van der Waals surface area contributed by atoms with Crippen LogP contribution in [0.25, 0.3) is 0 Å². The number of nitrogens with one attached hydrogen (secondary N) is 1. The summed E-state index contributed by atoms with van der Waals surface area (Å²) in [7, 11) is 1.62. The molecule has 2 aromatic rings. The number of ether oxygens (including phenoxy) is 1. The van der Waals surface area contributed by atoms with Gasteiger partial charge in [0.25, 0.3) is 5.91 Å². The Hall–Kier alpha value is -1.85. The van der Waals surface area contributed by atoms with Crippen LogP contribution in [0.3, 0.4) is 0 Å². The van der Waals surface area contributed by atoms with E-state index >= 15 is 0 Å². The van der Waals surface area contributed by atoms with Gasteiger partial charge in [-0.1, -0.05) is 0 Å². The highest BCUT2D eigenvalue weighted by Gasteiger charge is 2.20. The predicted molar refractivity (Wildman–Crippen MR) is 99.3 cm³/mol. The SMILES string of the molecule is COc1ccc(C(=O)Nc2sc(C)c(C)c2CN2CCCC2)cc1. The van der Waals surface area contributed by atoms with Crippen LogP contribution in [-0.2, 0) is 6.54 Å². The highest BCUT2D eigenvalue weighted by Crippen LogP contribution is 2.34. The van der Waals surface area contributed by atoms with Crippen molar-refractivity contribution < 1.29 is 9.53 Å². The normalized spacial score (nSPS) is 14.8. The van der Waals surface area contributed by atoms with Gasteiger partial charge in [0.2, 0.25) is 0 Å². The Bertz CT molecular complexity index is 716. The van der Waals surface area contributed by atoms with E-state index < -0.39 is 0 Å². The Morgan fingerprint density at radius 3 is 2.50 bits per heavy atom. The Morgan fingerprint density at radius 2 is 1.88 bits per heavy atom. The fourth-order valence-corrected chi connectivity index (χ4v) is 4.11. The zero-order chi connectivity index (χ0) is 17.1. The van der Waals surface area contributed by atoms with E-state index in [-0.39, 0.29) is 5.91 Å². The number of anilines is 1. The van der Waals surface area contributed by atoms with E-state index in [2.05, 4.69) is 24.1 Å². The molecule has 2 heterocycles. The van der Waals surface area contributed by atoms with Gasteiger partial charge in [-0.05, 0) is 69.6 Å². The lowest BCUT2D eigenvalue weighted by Gasteiger charge is -2.16. The zero-order valence-electron chi connectivity index (χ0n) is 14.5. The van der Waals surface area contributed by atoms with Crippen molar-refractivity contribution >= 4 is 22.2 Å². The second-order valence-corrected chi connectivity index (χ2v) is 7.48. The highest BCUT2D eigenvalue weighted by molar-refractivity contribution is 7.16. The molecule has 4 nitrogen and oxygen atoms in total. The van der Waals surface area contributed by atoms with E-state index in [0.29, 0.717) is 5.56 Å². The molecule has 1 fully saturated rings. The van der Waals surface area contributed by atoms with Gasteiger partial charge in [-0.2, -0.15) is 0 Å². The molecule has 1 amide bonds. The number of hydrogen-bond acceptors (Lipinski definition) is 4. The van der Waals surface area contributed by atoms with Gasteiger partial charge in [-0.3, -0.25) is 9.69 Å². The molecule has 5 heteroatoms. The molecule has 0 unspecified atom stereocenters. The van der Waals surface area contributed by atoms with Crippen LogP contribution in [0.15, 0.2) is 24.3 Å². The molecule has 1 saturated heterocycles. The highest BCUT2D eigenvalue weighted by atomic mass is 32.1. The minimum atomic E-state index is -0.0680. The summed E-state index contributed by atoms with van der Waals surface area (Å²) < 4.78 is 5.14. The molecule has 0 aliphatic carbocycles. The van der Waals surface area contributed by atoms with Crippen molar-refractivity contribution in [2.24, 2.45) is 0 Å². The Balaban J connectivity index is 1.78. The molecule has 0 atom stereocenters. The van der Waals surface area contributed by atoms with E-state index in [0.717, 1.165) is 30.4 Å². The number of likely N-dealkylation sites (tertiary alicyclic amines) is 1. The monoisotopic (exact) mass is 344 g/mol. The molecule has 1 aromatic carbocycles. The number of amides is 1. The van der Waals surface area contributed by atoms with Gasteiger partial charge in [-0.15, -0.1) is 11.3 Å². The van der Waals surface area contributed by atoms with Gasteiger partial charge in [0.15, 0.2) is 0 Å². The average molecular weight is 344 g/mol. The second-order valence-electron chi connectivity index (χ2n) is 6.26. The minimum absolute atomic E-state index is 0.0680. The smallest absolute Gasteiger partial charge is 0.256 e. The summed E-state index contributed by atoms with van der Waals surface area (Å²) in [6.45, 7) is 7.51. The maximum atomic E-state index is 12.6. The van der Waals surface area contributed by atoms with Crippen molar-refractivity contribution in [3.63, 3.8) is 0 Å². The Kier molecular flexibility index (Phi) is 5.21. The lowest BCUT2D eigenvalue weighted by molar-refractivity contribution is 0.102. The summed E-state index contributed by atoms with van der Waals surface area (Å²) in [6.07, 6.45) is 2.55. The summed E-state index contributed by atoms with van der Waals surface area (Å²) >= 11 is 1.67. The second kappa shape index (κ2) is 7.36. The summed E-state index contributed by atoms with van der Waals surface area (Å²) in [5, 5.41) is 4.10. The van der Waals surface area contributed by atoms with Crippen LogP contribution < -0.4 is 10.1 Å². The molecule has 1 aliphatic rings. The third kappa shape index (κ3) is 3.62. The van der Waals surface area contributed by atoms with Crippen LogP contribution in [0.4, 0.5) is 5.00 Å². The summed E-state index contributed by atoms with van der Waals surface area (Å²) in [4.78, 5) is 16.3. The topological polar surface area (TPSA) is 41.6 Å². The third-order valence-corrected chi connectivity index (χ3v) is 5.83. The van der Waals surface area contributed by atoms with Crippen molar-refractivity contribution in [2.75, 3.05) is 25.5 Å². The van der Waals surface area contributed by atoms with Crippen LogP contribution in [0.1, 0.15) is 39.2 Å². The fraction of sp³-hybridized carbons (Fsp3) is 0.421. The summed E-state index contributed by atoms with van der Waals surface area (Å²) in [5.41, 5.74) is 3.21. The van der Waals surface area contributed by atoms with Gasteiger partial charge in [0.1, 0.15) is 10.8 Å². The first kappa shape index (κ1) is 17.0. The molecule has 0 bridgehead atoms. The van der Waals surface area contributed by atoms with E-state index in [4.69, 9.17) is 4.74 Å². The first-order valence-electron chi connectivity index (χ1n) is 8.35. The first-order valence-corrected chi connectivity index (χ1v) is 9.16. The number of rotatable bonds is 5. The number of aryl methyl sites for hydroxylation is 1. The van der Waals surface area contributed by atoms with Gasteiger partial charge in [0, 0.05) is 22.5 Å². The van der Waals surface area contributed by atoms with E-state index in [1.807, 2.05) is 12.1 Å². The Labute approximate surface area is 147 Å². The van der Waals surface area contributed by atoms with Crippen molar-refractivity contribution in [2.45, 2.75) is 33.2 Å². The number of nitrogens with zero attached hydrogens (tertiary/aromatic N) is 1. The summed E-state index contributed by atoms with van der Waals surface area (Å²) in [6, 6.07) is 7.21. The standard InChI is InChI=1S/C19H24N2O2S/c1-13-14(2)24-19(17(13)12-21-10-4-5-11-21)20-18(22)15-6-8-16(23-3)9-7-15/h6-9H,4-5,10-12H2,1-3H3,(H,20,22). The number of carbonyl (C=O) groups excluding carboxylic acids is 1. The quantitative estimate of drug-likeness (QED) is 0.883. The van der Waals surface area contributed by atoms with Crippen LogP contribution in [0.2, 0.25) is 0 Å². The molecule has 1 N–H and O–H groups in total. The van der Waals surface area contributed by atoms with Gasteiger partial charge in [-0.25, -0.2) is 0 Å². The van der Waals surface area contributed by atoms with Gasteiger partial charge in [0.05, 0.1) is 7.11 Å². The predicted octanol–water partition coefficient (Wildman–Crippen LogP) is 4.22. The molecule has 24 heavy (non-hydrogen) atoms. The maximum Gasteiger partial charge on any atom is 0.256 e. The average Bonchev–Trinajstić information content (AvgIpc) is 3.19. The molecular weight excluding hydrogens is 320 g/mol. The van der Waals surface area contributed by atoms with Crippen LogP contribution >= 0.6 is 11.3 Å². The lowest BCUT2D eigenvalue weighted by Crippen LogP contribution is -2.20. The number of hydrogen-bond donors (Lipinski definition) is 1. The largest absolute Gasteiger partial charge is 0.497 e. The third-order valence-electron chi connectivity index (χ3n) is 4.67. The molecule has 1 aromatic heterocycles. The maximum absolute atomic E-state index is 12.6. The van der Waals surface area contributed by atoms with Crippen LogP contribution in [0, 0.1) is 13.8 Å². The molecule has 0 spiro atoms. The van der Waals surface area contributed by atoms with E-state index in [1.165, 1.54) is 28.8 Å². The molecule has 0 radical (unpaired) electrons. The van der Waals surface area contributed by atoms with Crippen molar-refractivity contribution in [3.05, 3.63) is 45.8 Å². The van der Waals surface area contributed by atoms with Crippen molar-refractivity contribution in [1.82, 2.24) is 4.90 Å². The van der Waals surface area contributed by atoms with Crippen molar-refractivity contribution in [1.29, 1.82) is 0 Å². The van der Waals surface area contributed by atoms with Gasteiger partial charge < -0.3 is 10.1 Å². The molecule has 0 saturated carbocycles. The number of benzene rings is 1.